The van der Waals surface area contributed by atoms with E-state index in [4.69, 9.17) is 19.7 Å². The number of phosphoric acid groups is 1. The number of alkyl halides is 3. The summed E-state index contributed by atoms with van der Waals surface area (Å²) in [5.41, 5.74) is 1.26. The quantitative estimate of drug-likeness (QED) is 0.296. The number of carbonyl (C=O) groups is 2. The molecule has 0 aliphatic heterocycles. The molecule has 192 valence electrons. The minimum atomic E-state index is -5.30. The van der Waals surface area contributed by atoms with E-state index in [-0.39, 0.29) is 13.2 Å². The molecule has 0 aliphatic rings. The second kappa shape index (κ2) is 13.4. The van der Waals surface area contributed by atoms with Gasteiger partial charge >= 0.3 is 25.9 Å². The number of halogens is 3. The van der Waals surface area contributed by atoms with E-state index >= 15 is 0 Å². The number of hydrogen-bond donors (Lipinski definition) is 1. The van der Waals surface area contributed by atoms with Crippen molar-refractivity contribution in [2.24, 2.45) is 0 Å². The standard InChI is InChI=1S/C23H27F3NO7P/c1-17(2)34-21(28)20(27-22(29)23(24,25)26)13-14-31-35(30,32-15-18-9-5-3-6-10-18)33-16-19-11-7-4-8-12-19/h3-12,17,20H,13-16H2,1-2H3,(H,27,29)/t20-/m0/s1/i13D/t13-,20-. The molecule has 2 aromatic rings. The SMILES string of the molecule is [2H][C@@H](COP(=O)(OCc1ccccc1)OCc1ccccc1)[C@H](NC(=O)C(F)(F)F)C(=O)OC(C)C. The van der Waals surface area contributed by atoms with E-state index in [0.29, 0.717) is 11.1 Å². The van der Waals surface area contributed by atoms with Crippen LogP contribution >= 0.6 is 7.82 Å². The van der Waals surface area contributed by atoms with E-state index in [0.717, 1.165) is 0 Å². The molecular weight excluding hydrogens is 490 g/mol. The van der Waals surface area contributed by atoms with Crippen LogP contribution in [0.25, 0.3) is 0 Å². The van der Waals surface area contributed by atoms with E-state index in [9.17, 15) is 27.3 Å². The van der Waals surface area contributed by atoms with Gasteiger partial charge in [-0.3, -0.25) is 18.4 Å². The summed E-state index contributed by atoms with van der Waals surface area (Å²) in [7, 11) is -4.38. The first-order chi connectivity index (χ1) is 16.9. The van der Waals surface area contributed by atoms with Crippen LogP contribution in [0.15, 0.2) is 60.7 Å². The summed E-state index contributed by atoms with van der Waals surface area (Å²) in [4.78, 5) is 23.7. The topological polar surface area (TPSA) is 100 Å². The van der Waals surface area contributed by atoms with Gasteiger partial charge < -0.3 is 10.1 Å². The Labute approximate surface area is 202 Å². The molecule has 2 rings (SSSR count). The molecule has 0 saturated carbocycles. The van der Waals surface area contributed by atoms with Crippen LogP contribution in [0.3, 0.4) is 0 Å². The van der Waals surface area contributed by atoms with E-state index in [2.05, 4.69) is 0 Å². The summed E-state index contributed by atoms with van der Waals surface area (Å²) < 4.78 is 80.5. The van der Waals surface area contributed by atoms with Gasteiger partial charge in [-0.15, -0.1) is 0 Å². The Bertz CT molecular complexity index is 978. The Morgan fingerprint density at radius 1 is 0.943 bits per heavy atom. The van der Waals surface area contributed by atoms with Gasteiger partial charge in [-0.25, -0.2) is 9.36 Å². The third kappa shape index (κ3) is 10.6. The first kappa shape index (κ1) is 26.9. The Morgan fingerprint density at radius 3 is 1.86 bits per heavy atom. The molecule has 0 spiro atoms. The number of hydrogen-bond acceptors (Lipinski definition) is 7. The number of nitrogens with one attached hydrogen (secondary N) is 1. The number of benzene rings is 2. The Hall–Kier alpha value is -2.72. The minimum Gasteiger partial charge on any atom is -0.461 e. The van der Waals surface area contributed by atoms with Crippen molar-refractivity contribution in [2.45, 2.75) is 51.8 Å². The predicted molar refractivity (Wildman–Crippen MR) is 120 cm³/mol. The summed E-state index contributed by atoms with van der Waals surface area (Å²) >= 11 is 0. The first-order valence-electron chi connectivity index (χ1n) is 11.1. The van der Waals surface area contributed by atoms with Crippen molar-refractivity contribution in [3.8, 4) is 0 Å². The lowest BCUT2D eigenvalue weighted by molar-refractivity contribution is -0.176. The normalized spacial score (nSPS) is 14.2. The zero-order chi connectivity index (χ0) is 26.8. The molecule has 2 aromatic carbocycles. The highest BCUT2D eigenvalue weighted by molar-refractivity contribution is 7.48. The van der Waals surface area contributed by atoms with E-state index in [1.165, 1.54) is 19.2 Å². The van der Waals surface area contributed by atoms with Crippen molar-refractivity contribution >= 4 is 19.7 Å². The third-order valence-electron chi connectivity index (χ3n) is 4.18. The maximum Gasteiger partial charge on any atom is 0.475 e. The molecule has 8 nitrogen and oxygen atoms in total. The molecule has 0 aliphatic carbocycles. The van der Waals surface area contributed by atoms with Gasteiger partial charge in [-0.2, -0.15) is 13.2 Å². The monoisotopic (exact) mass is 518 g/mol. The molecule has 0 saturated heterocycles. The summed E-state index contributed by atoms with van der Waals surface area (Å²) in [5.74, 6) is -3.72. The second-order valence-electron chi connectivity index (χ2n) is 7.43. The maximum absolute atomic E-state index is 13.3. The van der Waals surface area contributed by atoms with E-state index < -0.39 is 51.0 Å². The minimum absolute atomic E-state index is 0.195. The van der Waals surface area contributed by atoms with Gasteiger partial charge in [-0.1, -0.05) is 60.7 Å². The number of esters is 1. The number of ether oxygens (including phenoxy) is 1. The Balaban J connectivity index is 2.15. The van der Waals surface area contributed by atoms with Crippen LogP contribution in [-0.2, 0) is 45.7 Å². The largest absolute Gasteiger partial charge is 0.475 e. The lowest BCUT2D eigenvalue weighted by Gasteiger charge is -2.22. The van der Waals surface area contributed by atoms with Gasteiger partial charge in [0.25, 0.3) is 0 Å². The van der Waals surface area contributed by atoms with Gasteiger partial charge in [0.1, 0.15) is 6.04 Å². The van der Waals surface area contributed by atoms with E-state index in [1.54, 1.807) is 60.7 Å². The molecule has 0 heterocycles. The lowest BCUT2D eigenvalue weighted by atomic mass is 10.2. The van der Waals surface area contributed by atoms with Crippen molar-refractivity contribution in [2.75, 3.05) is 6.61 Å². The molecule has 0 aromatic heterocycles. The van der Waals surface area contributed by atoms with E-state index in [1.807, 2.05) is 0 Å². The lowest BCUT2D eigenvalue weighted by Crippen LogP contribution is -2.48. The van der Waals surface area contributed by atoms with Crippen LogP contribution in [0.5, 0.6) is 0 Å². The molecule has 0 radical (unpaired) electrons. The molecular formula is C23H27F3NO7P. The summed E-state index contributed by atoms with van der Waals surface area (Å²) in [6, 6.07) is 15.2. The fourth-order valence-electron chi connectivity index (χ4n) is 2.54. The van der Waals surface area contributed by atoms with Crippen LogP contribution in [0.1, 0.15) is 32.7 Å². The van der Waals surface area contributed by atoms with Crippen molar-refractivity contribution in [1.82, 2.24) is 5.32 Å². The molecule has 2 atom stereocenters. The van der Waals surface area contributed by atoms with Crippen LogP contribution in [0.4, 0.5) is 13.2 Å². The first-order valence-corrected chi connectivity index (χ1v) is 12.0. The van der Waals surface area contributed by atoms with Crippen LogP contribution in [0, 0.1) is 0 Å². The molecule has 0 unspecified atom stereocenters. The van der Waals surface area contributed by atoms with Crippen LogP contribution < -0.4 is 5.32 Å². The smallest absolute Gasteiger partial charge is 0.461 e. The second-order valence-corrected chi connectivity index (χ2v) is 9.10. The Morgan fingerprint density at radius 2 is 1.43 bits per heavy atom. The van der Waals surface area contributed by atoms with Gasteiger partial charge in [0.15, 0.2) is 0 Å². The summed E-state index contributed by atoms with van der Waals surface area (Å²) in [6.45, 7) is 1.62. The highest BCUT2D eigenvalue weighted by Gasteiger charge is 2.41. The van der Waals surface area contributed by atoms with Gasteiger partial charge in [0.2, 0.25) is 0 Å². The highest BCUT2D eigenvalue weighted by Crippen LogP contribution is 2.51. The molecule has 12 heteroatoms. The van der Waals surface area contributed by atoms with Gasteiger partial charge in [0.05, 0.1) is 25.9 Å². The molecule has 0 fully saturated rings. The van der Waals surface area contributed by atoms with Gasteiger partial charge in [-0.05, 0) is 25.0 Å². The van der Waals surface area contributed by atoms with Crippen molar-refractivity contribution < 1.29 is 47.0 Å². The van der Waals surface area contributed by atoms with Crippen LogP contribution in [0.2, 0.25) is 0 Å². The number of carbonyl (C=O) groups excluding carboxylic acids is 2. The fraction of sp³-hybridized carbons (Fsp3) is 0.391. The zero-order valence-electron chi connectivity index (χ0n) is 20.1. The molecule has 1 amide bonds. The molecule has 35 heavy (non-hydrogen) atoms. The third-order valence-corrected chi connectivity index (χ3v) is 5.53. The van der Waals surface area contributed by atoms with Crippen molar-refractivity contribution in [1.29, 1.82) is 0 Å². The molecule has 1 N–H and O–H groups in total. The fourth-order valence-corrected chi connectivity index (χ4v) is 3.65. The number of rotatable bonds is 13. The van der Waals surface area contributed by atoms with Crippen molar-refractivity contribution in [3.05, 3.63) is 71.8 Å². The highest BCUT2D eigenvalue weighted by atomic mass is 31.2. The molecule has 0 bridgehead atoms. The zero-order valence-corrected chi connectivity index (χ0v) is 20.0. The average molecular weight is 518 g/mol. The maximum atomic E-state index is 13.3. The number of phosphoric ester groups is 1. The number of amides is 1. The van der Waals surface area contributed by atoms with Gasteiger partial charge in [0, 0.05) is 7.77 Å². The average Bonchev–Trinajstić information content (AvgIpc) is 2.83. The summed E-state index contributed by atoms with van der Waals surface area (Å²) in [6.07, 6.45) is -7.87. The summed E-state index contributed by atoms with van der Waals surface area (Å²) in [5, 5.41) is 1.44. The Kier molecular flexibility index (Phi) is 10.3. The van der Waals surface area contributed by atoms with Crippen molar-refractivity contribution in [3.63, 3.8) is 0 Å². The van der Waals surface area contributed by atoms with Crippen LogP contribution in [-0.4, -0.2) is 36.8 Å². The predicted octanol–water partition coefficient (Wildman–Crippen LogP) is 4.93.